The molecule has 1 aliphatic rings. The Bertz CT molecular complexity index is 863. The lowest BCUT2D eigenvalue weighted by Gasteiger charge is -2.09. The molecule has 0 radical (unpaired) electrons. The highest BCUT2D eigenvalue weighted by Gasteiger charge is 2.20. The van der Waals surface area contributed by atoms with Gasteiger partial charge in [-0.2, -0.15) is 12.8 Å². The van der Waals surface area contributed by atoms with E-state index in [2.05, 4.69) is 4.40 Å². The van der Waals surface area contributed by atoms with Crippen molar-refractivity contribution in [1.29, 1.82) is 0 Å². The number of allylic oxidation sites excluding steroid dienone is 4. The Morgan fingerprint density at radius 3 is 2.45 bits per heavy atom. The first-order valence-electron chi connectivity index (χ1n) is 6.21. The molecule has 7 nitrogen and oxygen atoms in total. The van der Waals surface area contributed by atoms with Crippen molar-refractivity contribution in [3.63, 3.8) is 0 Å². The molecule has 0 unspecified atom stereocenters. The lowest BCUT2D eigenvalue weighted by Crippen LogP contribution is -2.12. The molecule has 1 aromatic carbocycles. The molecular formula is C14H12N2O5S. The van der Waals surface area contributed by atoms with Gasteiger partial charge in [-0.25, -0.2) is 0 Å². The van der Waals surface area contributed by atoms with Gasteiger partial charge in [0.1, 0.15) is 0 Å². The number of nitrogens with zero attached hydrogens (tertiary/aromatic N) is 2. The number of sulfonamides is 1. The van der Waals surface area contributed by atoms with Crippen LogP contribution in [0.2, 0.25) is 0 Å². The Kier molecular flexibility index (Phi) is 4.05. The van der Waals surface area contributed by atoms with Gasteiger partial charge in [0.2, 0.25) is 0 Å². The summed E-state index contributed by atoms with van der Waals surface area (Å²) in [5, 5.41) is 10.7. The summed E-state index contributed by atoms with van der Waals surface area (Å²) >= 11 is 0. The Hall–Kier alpha value is -2.61. The molecule has 2 rings (SSSR count). The highest BCUT2D eigenvalue weighted by Crippen LogP contribution is 2.21. The number of ketones is 1. The van der Waals surface area contributed by atoms with Crippen molar-refractivity contribution in [3.05, 3.63) is 57.7 Å². The van der Waals surface area contributed by atoms with Gasteiger partial charge < -0.3 is 0 Å². The topological polar surface area (TPSA) is 107 Å². The summed E-state index contributed by atoms with van der Waals surface area (Å²) in [6.07, 6.45) is 2.68. The first-order valence-corrected chi connectivity index (χ1v) is 7.65. The lowest BCUT2D eigenvalue weighted by atomic mass is 9.99. The Balaban J connectivity index is 2.50. The molecule has 0 aromatic heterocycles. The van der Waals surface area contributed by atoms with Crippen LogP contribution in [-0.4, -0.2) is 24.8 Å². The van der Waals surface area contributed by atoms with E-state index in [0.29, 0.717) is 11.1 Å². The molecule has 0 bridgehead atoms. The van der Waals surface area contributed by atoms with E-state index in [-0.39, 0.29) is 22.1 Å². The van der Waals surface area contributed by atoms with Crippen LogP contribution >= 0.6 is 0 Å². The molecule has 0 atom stereocenters. The number of non-ortho nitro benzene ring substituents is 1. The summed E-state index contributed by atoms with van der Waals surface area (Å²) in [7, 11) is -4.10. The molecule has 0 saturated heterocycles. The first kappa shape index (κ1) is 15.8. The zero-order valence-corrected chi connectivity index (χ0v) is 12.6. The smallest absolute Gasteiger partial charge is 0.283 e. The van der Waals surface area contributed by atoms with E-state index >= 15 is 0 Å². The predicted molar refractivity (Wildman–Crippen MR) is 80.2 cm³/mol. The summed E-state index contributed by atoms with van der Waals surface area (Å²) in [5.74, 6) is -0.204. The van der Waals surface area contributed by atoms with Crippen LogP contribution in [0.4, 0.5) is 5.69 Å². The minimum absolute atomic E-state index is 0.142. The maximum Gasteiger partial charge on any atom is 0.283 e. The molecule has 0 saturated carbocycles. The summed E-state index contributed by atoms with van der Waals surface area (Å²) in [5.41, 5.74) is 0.603. The van der Waals surface area contributed by atoms with E-state index in [9.17, 15) is 23.3 Å². The van der Waals surface area contributed by atoms with Crippen LogP contribution in [-0.2, 0) is 14.8 Å². The van der Waals surface area contributed by atoms with E-state index in [1.807, 2.05) is 0 Å². The third-order valence-corrected chi connectivity index (χ3v) is 4.33. The van der Waals surface area contributed by atoms with Crippen molar-refractivity contribution < 1.29 is 18.1 Å². The summed E-state index contributed by atoms with van der Waals surface area (Å²) in [6, 6.07) is 4.65. The van der Waals surface area contributed by atoms with Crippen LogP contribution < -0.4 is 0 Å². The number of benzene rings is 1. The number of carbonyl (C=O) groups excluding carboxylic acids is 1. The third kappa shape index (κ3) is 3.17. The van der Waals surface area contributed by atoms with Crippen molar-refractivity contribution in [1.82, 2.24) is 0 Å². The number of nitro benzene ring substituents is 1. The van der Waals surface area contributed by atoms with Crippen molar-refractivity contribution in [2.45, 2.75) is 18.7 Å². The molecule has 0 aliphatic heterocycles. The molecular weight excluding hydrogens is 308 g/mol. The number of carbonyl (C=O) groups is 1. The van der Waals surface area contributed by atoms with Gasteiger partial charge in [0.05, 0.1) is 15.5 Å². The lowest BCUT2D eigenvalue weighted by molar-refractivity contribution is -0.385. The quantitative estimate of drug-likeness (QED) is 0.482. The molecule has 114 valence electrons. The fraction of sp³-hybridized carbons (Fsp3) is 0.143. The maximum absolute atomic E-state index is 12.3. The van der Waals surface area contributed by atoms with Crippen LogP contribution in [0.15, 0.2) is 56.9 Å². The molecule has 22 heavy (non-hydrogen) atoms. The molecule has 0 heterocycles. The summed E-state index contributed by atoms with van der Waals surface area (Å²) in [6.45, 7) is 3.13. The van der Waals surface area contributed by atoms with Crippen molar-refractivity contribution in [3.8, 4) is 0 Å². The minimum atomic E-state index is -4.10. The molecule has 0 spiro atoms. The van der Waals surface area contributed by atoms with Crippen molar-refractivity contribution in [2.24, 2.45) is 4.40 Å². The van der Waals surface area contributed by atoms with Crippen LogP contribution in [0.1, 0.15) is 13.8 Å². The SMILES string of the molecule is CC1=CC(=NS(=O)(=O)c2cccc([N+](=O)[O-])c2)C(C)=CC1=O. The number of rotatable bonds is 3. The van der Waals surface area contributed by atoms with Crippen LogP contribution in [0.25, 0.3) is 0 Å². The van der Waals surface area contributed by atoms with Crippen molar-refractivity contribution >= 4 is 27.2 Å². The second-order valence-corrected chi connectivity index (χ2v) is 6.33. The van der Waals surface area contributed by atoms with Gasteiger partial charge in [0.15, 0.2) is 5.78 Å². The van der Waals surface area contributed by atoms with Crippen LogP contribution in [0, 0.1) is 10.1 Å². The Morgan fingerprint density at radius 2 is 1.82 bits per heavy atom. The van der Waals surface area contributed by atoms with Gasteiger partial charge >= 0.3 is 0 Å². The minimum Gasteiger partial charge on any atom is -0.290 e. The predicted octanol–water partition coefficient (Wildman–Crippen LogP) is 2.20. The molecule has 0 amide bonds. The van der Waals surface area contributed by atoms with E-state index in [1.54, 1.807) is 13.8 Å². The largest absolute Gasteiger partial charge is 0.290 e. The molecule has 0 fully saturated rings. The van der Waals surface area contributed by atoms with Gasteiger partial charge in [-0.1, -0.05) is 6.07 Å². The molecule has 0 N–H and O–H groups in total. The van der Waals surface area contributed by atoms with Crippen LogP contribution in [0.5, 0.6) is 0 Å². The Labute approximate surface area is 126 Å². The average molecular weight is 320 g/mol. The van der Waals surface area contributed by atoms with E-state index < -0.39 is 14.9 Å². The normalized spacial score (nSPS) is 17.2. The fourth-order valence-corrected chi connectivity index (χ4v) is 2.89. The molecule has 8 heteroatoms. The highest BCUT2D eigenvalue weighted by molar-refractivity contribution is 7.90. The number of nitro groups is 1. The van der Waals surface area contributed by atoms with E-state index in [0.717, 1.165) is 6.07 Å². The van der Waals surface area contributed by atoms with Gasteiger partial charge in [-0.05, 0) is 43.2 Å². The van der Waals surface area contributed by atoms with E-state index in [4.69, 9.17) is 0 Å². The summed E-state index contributed by atoms with van der Waals surface area (Å²) in [4.78, 5) is 21.2. The standard InChI is InChI=1S/C14H12N2O5S/c1-9-7-14(17)10(2)6-13(9)15-22(20,21)12-5-3-4-11(8-12)16(18)19/h3-8H,1-2H3. The zero-order valence-electron chi connectivity index (χ0n) is 11.8. The van der Waals surface area contributed by atoms with Crippen LogP contribution in [0.3, 0.4) is 0 Å². The Morgan fingerprint density at radius 1 is 1.14 bits per heavy atom. The van der Waals surface area contributed by atoms with Gasteiger partial charge in [-0.3, -0.25) is 14.9 Å². The van der Waals surface area contributed by atoms with E-state index in [1.165, 1.54) is 30.4 Å². The van der Waals surface area contributed by atoms with Gasteiger partial charge in [0.25, 0.3) is 15.7 Å². The van der Waals surface area contributed by atoms with Gasteiger partial charge in [0, 0.05) is 12.1 Å². The highest BCUT2D eigenvalue weighted by atomic mass is 32.2. The first-order chi connectivity index (χ1) is 10.2. The fourth-order valence-electron chi connectivity index (χ4n) is 1.81. The second-order valence-electron chi connectivity index (χ2n) is 4.73. The monoisotopic (exact) mass is 320 g/mol. The molecule has 1 aliphatic carbocycles. The second kappa shape index (κ2) is 5.64. The average Bonchev–Trinajstić information content (AvgIpc) is 2.44. The summed E-state index contributed by atoms with van der Waals surface area (Å²) < 4.78 is 28.2. The molecule has 1 aromatic rings. The van der Waals surface area contributed by atoms with Crippen molar-refractivity contribution in [2.75, 3.05) is 0 Å². The van der Waals surface area contributed by atoms with Gasteiger partial charge in [-0.15, -0.1) is 0 Å². The number of hydrogen-bond acceptors (Lipinski definition) is 5. The third-order valence-electron chi connectivity index (χ3n) is 3.04. The zero-order chi connectivity index (χ0) is 16.5. The number of hydrogen-bond donors (Lipinski definition) is 0. The maximum atomic E-state index is 12.3.